The molecule has 0 fully saturated rings. The average Bonchev–Trinajstić information content (AvgIpc) is 2.94. The van der Waals surface area contributed by atoms with Crippen LogP contribution in [0.15, 0.2) is 83.8 Å². The summed E-state index contributed by atoms with van der Waals surface area (Å²) >= 11 is 0. The van der Waals surface area contributed by atoms with E-state index in [4.69, 9.17) is 4.74 Å². The second kappa shape index (κ2) is 13.3. The summed E-state index contributed by atoms with van der Waals surface area (Å²) in [6.45, 7) is 6.96. The van der Waals surface area contributed by atoms with Gasteiger partial charge in [0.2, 0.25) is 11.8 Å². The number of ether oxygens (including phenoxy) is 1. The van der Waals surface area contributed by atoms with Crippen molar-refractivity contribution in [3.8, 4) is 5.75 Å². The predicted molar refractivity (Wildman–Crippen MR) is 153 cm³/mol. The molecule has 2 atom stereocenters. The van der Waals surface area contributed by atoms with Crippen molar-refractivity contribution in [2.75, 3.05) is 18.0 Å². The van der Waals surface area contributed by atoms with Gasteiger partial charge in [0.05, 0.1) is 17.7 Å². The van der Waals surface area contributed by atoms with Crippen LogP contribution in [0, 0.1) is 6.92 Å². The number of rotatable bonds is 12. The van der Waals surface area contributed by atoms with Crippen LogP contribution in [0.4, 0.5) is 5.69 Å². The lowest BCUT2D eigenvalue weighted by molar-refractivity contribution is -0.139. The van der Waals surface area contributed by atoms with Gasteiger partial charge in [-0.05, 0) is 62.6 Å². The van der Waals surface area contributed by atoms with Crippen molar-refractivity contribution in [3.63, 3.8) is 0 Å². The summed E-state index contributed by atoms with van der Waals surface area (Å²) in [7, 11) is -2.72. The summed E-state index contributed by atoms with van der Waals surface area (Å²) in [5.41, 5.74) is 1.86. The SMILES string of the molecule is CC[C@H](C)NC(=O)[C@@H](C)N(Cc1ccccc1)C(=O)CN(c1cc(C)ccc1OC)S(=O)(=O)c1ccccc1. The number of methoxy groups -OCH3 is 1. The molecule has 3 rings (SSSR count). The number of aryl methyl sites for hydroxylation is 1. The molecule has 0 aliphatic rings. The molecule has 0 heterocycles. The minimum Gasteiger partial charge on any atom is -0.495 e. The number of hydrogen-bond donors (Lipinski definition) is 1. The molecule has 2 amide bonds. The smallest absolute Gasteiger partial charge is 0.264 e. The molecule has 0 aliphatic carbocycles. The van der Waals surface area contributed by atoms with Crippen molar-refractivity contribution in [2.24, 2.45) is 0 Å². The summed E-state index contributed by atoms with van der Waals surface area (Å²) in [6.07, 6.45) is 0.737. The van der Waals surface area contributed by atoms with Crippen molar-refractivity contribution < 1.29 is 22.7 Å². The van der Waals surface area contributed by atoms with Gasteiger partial charge in [-0.2, -0.15) is 0 Å². The number of carbonyl (C=O) groups is 2. The first-order valence-corrected chi connectivity index (χ1v) is 14.4. The van der Waals surface area contributed by atoms with Gasteiger partial charge in [-0.1, -0.05) is 61.5 Å². The van der Waals surface area contributed by atoms with Gasteiger partial charge in [-0.15, -0.1) is 0 Å². The quantitative estimate of drug-likeness (QED) is 0.357. The van der Waals surface area contributed by atoms with Crippen molar-refractivity contribution in [1.82, 2.24) is 10.2 Å². The number of sulfonamides is 1. The fourth-order valence-electron chi connectivity index (χ4n) is 4.06. The monoisotopic (exact) mass is 551 g/mol. The topological polar surface area (TPSA) is 96.0 Å². The van der Waals surface area contributed by atoms with Crippen LogP contribution in [0.2, 0.25) is 0 Å². The van der Waals surface area contributed by atoms with Crippen LogP contribution in [-0.4, -0.2) is 50.9 Å². The highest BCUT2D eigenvalue weighted by Crippen LogP contribution is 2.33. The summed E-state index contributed by atoms with van der Waals surface area (Å²) in [4.78, 5) is 28.6. The molecule has 208 valence electrons. The Morgan fingerprint density at radius 1 is 0.949 bits per heavy atom. The standard InChI is InChI=1S/C30H37N3O5S/c1-6-23(3)31-30(35)24(4)32(20-25-13-9-7-10-14-25)29(34)21-33(27-19-22(2)17-18-28(27)38-5)39(36,37)26-15-11-8-12-16-26/h7-19,23-24H,6,20-21H2,1-5H3,(H,31,35)/t23-,24+/m0/s1. The number of amides is 2. The molecule has 0 radical (unpaired) electrons. The van der Waals surface area contributed by atoms with Gasteiger partial charge in [0, 0.05) is 12.6 Å². The molecule has 0 aliphatic heterocycles. The molecule has 0 spiro atoms. The average molecular weight is 552 g/mol. The van der Waals surface area contributed by atoms with E-state index < -0.39 is 28.5 Å². The Bertz CT molecular complexity index is 1360. The molecule has 39 heavy (non-hydrogen) atoms. The number of nitrogens with one attached hydrogen (secondary N) is 1. The minimum absolute atomic E-state index is 0.0403. The van der Waals surface area contributed by atoms with E-state index in [0.717, 1.165) is 21.9 Å². The Hall–Kier alpha value is -3.85. The first-order chi connectivity index (χ1) is 18.6. The first-order valence-electron chi connectivity index (χ1n) is 12.9. The third kappa shape index (κ3) is 7.38. The van der Waals surface area contributed by atoms with Crippen molar-refractivity contribution in [1.29, 1.82) is 0 Å². The maximum atomic E-state index is 14.0. The lowest BCUT2D eigenvalue weighted by Crippen LogP contribution is -2.52. The highest BCUT2D eigenvalue weighted by Gasteiger charge is 2.34. The lowest BCUT2D eigenvalue weighted by Gasteiger charge is -2.33. The fraction of sp³-hybridized carbons (Fsp3) is 0.333. The van der Waals surface area contributed by atoms with Gasteiger partial charge in [0.25, 0.3) is 10.0 Å². The Morgan fingerprint density at radius 2 is 1.56 bits per heavy atom. The summed E-state index contributed by atoms with van der Waals surface area (Å²) < 4.78 is 34.4. The van der Waals surface area contributed by atoms with Crippen LogP contribution < -0.4 is 14.4 Å². The molecule has 0 aromatic heterocycles. The van der Waals surface area contributed by atoms with Gasteiger partial charge < -0.3 is 15.0 Å². The van der Waals surface area contributed by atoms with Crippen molar-refractivity contribution in [2.45, 2.75) is 57.6 Å². The maximum absolute atomic E-state index is 14.0. The zero-order chi connectivity index (χ0) is 28.6. The second-order valence-electron chi connectivity index (χ2n) is 9.50. The number of benzene rings is 3. The minimum atomic E-state index is -4.17. The van der Waals surface area contributed by atoms with Crippen molar-refractivity contribution >= 4 is 27.5 Å². The molecular weight excluding hydrogens is 514 g/mol. The molecule has 8 nitrogen and oxygen atoms in total. The predicted octanol–water partition coefficient (Wildman–Crippen LogP) is 4.53. The number of carbonyl (C=O) groups excluding carboxylic acids is 2. The van der Waals surface area contributed by atoms with E-state index in [1.54, 1.807) is 43.3 Å². The van der Waals surface area contributed by atoms with Gasteiger partial charge in [0.1, 0.15) is 18.3 Å². The highest BCUT2D eigenvalue weighted by atomic mass is 32.2. The molecular formula is C30H37N3O5S. The molecule has 3 aromatic rings. The van der Waals surface area contributed by atoms with E-state index in [2.05, 4.69) is 5.32 Å². The fourth-order valence-corrected chi connectivity index (χ4v) is 5.49. The normalized spacial score (nSPS) is 12.7. The van der Waals surface area contributed by atoms with Crippen LogP contribution in [-0.2, 0) is 26.2 Å². The number of nitrogens with zero attached hydrogens (tertiary/aromatic N) is 2. The molecule has 9 heteroatoms. The third-order valence-electron chi connectivity index (χ3n) is 6.58. The number of anilines is 1. The van der Waals surface area contributed by atoms with Gasteiger partial charge in [-0.3, -0.25) is 13.9 Å². The molecule has 0 bridgehead atoms. The maximum Gasteiger partial charge on any atom is 0.264 e. The second-order valence-corrected chi connectivity index (χ2v) is 11.4. The van der Waals surface area contributed by atoms with E-state index in [0.29, 0.717) is 5.75 Å². The van der Waals surface area contributed by atoms with Crippen LogP contribution in [0.25, 0.3) is 0 Å². The van der Waals surface area contributed by atoms with E-state index >= 15 is 0 Å². The first kappa shape index (κ1) is 29.7. The van der Waals surface area contributed by atoms with Gasteiger partial charge in [0.15, 0.2) is 0 Å². The molecule has 0 saturated carbocycles. The zero-order valence-corrected chi connectivity index (χ0v) is 23.9. The number of hydrogen-bond acceptors (Lipinski definition) is 5. The largest absolute Gasteiger partial charge is 0.495 e. The van der Waals surface area contributed by atoms with E-state index in [-0.39, 0.29) is 29.1 Å². The molecule has 3 aromatic carbocycles. The van der Waals surface area contributed by atoms with E-state index in [1.165, 1.54) is 24.1 Å². The molecule has 0 saturated heterocycles. The lowest BCUT2D eigenvalue weighted by atomic mass is 10.1. The summed E-state index contributed by atoms with van der Waals surface area (Å²) in [6, 6.07) is 21.5. The molecule has 0 unspecified atom stereocenters. The Kier molecular flexibility index (Phi) is 10.1. The van der Waals surface area contributed by atoms with E-state index in [1.807, 2.05) is 51.1 Å². The van der Waals surface area contributed by atoms with Crippen LogP contribution in [0.5, 0.6) is 5.75 Å². The van der Waals surface area contributed by atoms with Crippen LogP contribution in [0.3, 0.4) is 0 Å². The van der Waals surface area contributed by atoms with E-state index in [9.17, 15) is 18.0 Å². The summed E-state index contributed by atoms with van der Waals surface area (Å²) in [5, 5.41) is 2.93. The van der Waals surface area contributed by atoms with Crippen LogP contribution in [0.1, 0.15) is 38.3 Å². The van der Waals surface area contributed by atoms with Gasteiger partial charge in [-0.25, -0.2) is 8.42 Å². The Balaban J connectivity index is 2.07. The third-order valence-corrected chi connectivity index (χ3v) is 8.35. The van der Waals surface area contributed by atoms with Crippen LogP contribution >= 0.6 is 0 Å². The van der Waals surface area contributed by atoms with Gasteiger partial charge >= 0.3 is 0 Å². The Labute approximate surface area is 231 Å². The molecule has 1 N–H and O–H groups in total. The summed E-state index contributed by atoms with van der Waals surface area (Å²) in [5.74, 6) is -0.516. The Morgan fingerprint density at radius 3 is 2.15 bits per heavy atom. The highest BCUT2D eigenvalue weighted by molar-refractivity contribution is 7.92. The van der Waals surface area contributed by atoms with Crippen molar-refractivity contribution in [3.05, 3.63) is 90.0 Å². The zero-order valence-electron chi connectivity index (χ0n) is 23.1.